The van der Waals surface area contributed by atoms with Crippen LogP contribution in [0.4, 0.5) is 0 Å². The number of aromatic nitrogens is 1. The molecule has 9 heteroatoms. The molecule has 1 atom stereocenters. The summed E-state index contributed by atoms with van der Waals surface area (Å²) in [6, 6.07) is 10.8. The summed E-state index contributed by atoms with van der Waals surface area (Å²) in [6.07, 6.45) is 0. The molecular formula is C22H23NO7S. The second-order valence-electron chi connectivity index (χ2n) is 6.40. The molecule has 2 aromatic carbocycles. The second kappa shape index (κ2) is 9.65. The Labute approximate surface area is 184 Å². The van der Waals surface area contributed by atoms with E-state index < -0.39 is 11.2 Å². The van der Waals surface area contributed by atoms with Crippen LogP contribution in [0, 0.1) is 0 Å². The van der Waals surface area contributed by atoms with Gasteiger partial charge >= 0.3 is 5.97 Å². The van der Waals surface area contributed by atoms with Crippen LogP contribution < -0.4 is 18.9 Å². The first-order valence-electron chi connectivity index (χ1n) is 9.26. The average molecular weight is 445 g/mol. The molecule has 8 nitrogen and oxygen atoms in total. The molecule has 1 aromatic heterocycles. The van der Waals surface area contributed by atoms with Crippen molar-refractivity contribution in [2.24, 2.45) is 0 Å². The smallest absolute Gasteiger partial charge is 0.316 e. The van der Waals surface area contributed by atoms with Gasteiger partial charge in [-0.05, 0) is 43.3 Å². The molecule has 0 fully saturated rings. The minimum Gasteiger partial charge on any atom is -0.493 e. The van der Waals surface area contributed by atoms with E-state index in [1.807, 2.05) is 12.1 Å². The van der Waals surface area contributed by atoms with Crippen LogP contribution in [-0.4, -0.2) is 49.7 Å². The minimum absolute atomic E-state index is 0.240. The van der Waals surface area contributed by atoms with Crippen LogP contribution in [0.3, 0.4) is 0 Å². The van der Waals surface area contributed by atoms with Crippen molar-refractivity contribution in [2.75, 3.05) is 28.4 Å². The Morgan fingerprint density at radius 2 is 1.42 bits per heavy atom. The Hall–Kier alpha value is -3.33. The fraction of sp³-hybridized carbons (Fsp3) is 0.273. The Kier molecular flexibility index (Phi) is 6.96. The van der Waals surface area contributed by atoms with Crippen molar-refractivity contribution in [3.05, 3.63) is 36.4 Å². The van der Waals surface area contributed by atoms with Crippen LogP contribution in [0.15, 0.2) is 46.0 Å². The summed E-state index contributed by atoms with van der Waals surface area (Å²) >= 11 is 1.02. The van der Waals surface area contributed by atoms with Crippen molar-refractivity contribution in [2.45, 2.75) is 17.4 Å². The molecule has 164 valence electrons. The number of aliphatic carboxylic acids is 1. The first-order chi connectivity index (χ1) is 14.9. The summed E-state index contributed by atoms with van der Waals surface area (Å²) in [4.78, 5) is 15.9. The highest BCUT2D eigenvalue weighted by molar-refractivity contribution is 8.00. The third-order valence-electron chi connectivity index (χ3n) is 4.54. The Morgan fingerprint density at radius 3 is 1.94 bits per heavy atom. The van der Waals surface area contributed by atoms with E-state index in [1.165, 1.54) is 0 Å². The molecule has 0 spiro atoms. The molecule has 0 saturated carbocycles. The van der Waals surface area contributed by atoms with Gasteiger partial charge in [0.1, 0.15) is 10.9 Å². The molecule has 0 saturated heterocycles. The summed E-state index contributed by atoms with van der Waals surface area (Å²) in [7, 11) is 6.22. The fourth-order valence-corrected chi connectivity index (χ4v) is 3.58. The molecule has 3 aromatic rings. The van der Waals surface area contributed by atoms with Crippen molar-refractivity contribution in [1.82, 2.24) is 4.98 Å². The molecule has 1 N–H and O–H groups in total. The lowest BCUT2D eigenvalue weighted by molar-refractivity contribution is -0.136. The van der Waals surface area contributed by atoms with Crippen molar-refractivity contribution in [1.29, 1.82) is 0 Å². The first-order valence-corrected chi connectivity index (χ1v) is 10.1. The number of methoxy groups -OCH3 is 4. The van der Waals surface area contributed by atoms with Crippen LogP contribution in [0.5, 0.6) is 23.0 Å². The molecule has 0 amide bonds. The monoisotopic (exact) mass is 445 g/mol. The molecule has 0 aliphatic heterocycles. The molecule has 0 aliphatic rings. The molecule has 0 aliphatic carbocycles. The highest BCUT2D eigenvalue weighted by Gasteiger charge is 2.23. The highest BCUT2D eigenvalue weighted by atomic mass is 32.2. The maximum atomic E-state index is 11.3. The van der Waals surface area contributed by atoms with E-state index in [4.69, 9.17) is 23.4 Å². The lowest BCUT2D eigenvalue weighted by atomic mass is 10.0. The number of benzene rings is 2. The number of nitrogens with zero attached hydrogens (tertiary/aromatic N) is 1. The van der Waals surface area contributed by atoms with Gasteiger partial charge in [0, 0.05) is 11.1 Å². The number of hydrogen-bond donors (Lipinski definition) is 1. The summed E-state index contributed by atoms with van der Waals surface area (Å²) in [5.41, 5.74) is 1.96. The second-order valence-corrected chi connectivity index (χ2v) is 7.69. The van der Waals surface area contributed by atoms with Gasteiger partial charge in [0.15, 0.2) is 28.8 Å². The number of ether oxygens (including phenoxy) is 4. The number of carbonyl (C=O) groups is 1. The SMILES string of the molecule is COc1ccc(-c2nc(SC(C)C(=O)O)oc2-c2ccc(OC)c(OC)c2)cc1OC. The van der Waals surface area contributed by atoms with Crippen LogP contribution in [0.1, 0.15) is 6.92 Å². The van der Waals surface area contributed by atoms with Gasteiger partial charge in [-0.3, -0.25) is 4.79 Å². The number of rotatable bonds is 9. The zero-order chi connectivity index (χ0) is 22.5. The highest BCUT2D eigenvalue weighted by Crippen LogP contribution is 2.41. The van der Waals surface area contributed by atoms with Crippen LogP contribution >= 0.6 is 11.8 Å². The number of oxazole rings is 1. The van der Waals surface area contributed by atoms with Crippen molar-refractivity contribution >= 4 is 17.7 Å². The summed E-state index contributed by atoms with van der Waals surface area (Å²) in [5, 5.41) is 8.77. The number of hydrogen-bond acceptors (Lipinski definition) is 8. The van der Waals surface area contributed by atoms with Gasteiger partial charge in [0.05, 0.1) is 28.4 Å². The summed E-state index contributed by atoms with van der Waals surface area (Å²) in [6.45, 7) is 1.57. The minimum atomic E-state index is -0.955. The third-order valence-corrected chi connectivity index (χ3v) is 5.47. The maximum Gasteiger partial charge on any atom is 0.316 e. The normalized spacial score (nSPS) is 11.6. The van der Waals surface area contributed by atoms with Crippen molar-refractivity contribution in [3.63, 3.8) is 0 Å². The van der Waals surface area contributed by atoms with E-state index in [0.717, 1.165) is 17.3 Å². The lowest BCUT2D eigenvalue weighted by Gasteiger charge is -2.10. The molecule has 1 unspecified atom stereocenters. The summed E-state index contributed by atoms with van der Waals surface area (Å²) in [5.74, 6) is 1.73. The Morgan fingerprint density at radius 1 is 0.903 bits per heavy atom. The largest absolute Gasteiger partial charge is 0.493 e. The van der Waals surface area contributed by atoms with Crippen LogP contribution in [-0.2, 0) is 4.79 Å². The van der Waals surface area contributed by atoms with Gasteiger partial charge < -0.3 is 28.5 Å². The zero-order valence-corrected chi connectivity index (χ0v) is 18.6. The predicted molar refractivity (Wildman–Crippen MR) is 117 cm³/mol. The van der Waals surface area contributed by atoms with Crippen molar-refractivity contribution < 1.29 is 33.3 Å². The Bertz CT molecular complexity index is 1010. The van der Waals surface area contributed by atoms with Gasteiger partial charge in [-0.15, -0.1) is 0 Å². The lowest BCUT2D eigenvalue weighted by Crippen LogP contribution is -2.10. The van der Waals surface area contributed by atoms with Crippen LogP contribution in [0.25, 0.3) is 22.6 Å². The van der Waals surface area contributed by atoms with Crippen LogP contribution in [0.2, 0.25) is 0 Å². The third kappa shape index (κ3) is 4.72. The standard InChI is InChI=1S/C22H23NO7S/c1-12(21(24)25)31-22-23-19(13-6-8-15(26-2)17(10-13)28-4)20(30-22)14-7-9-16(27-3)18(11-14)29-5/h6-12H,1-5H3,(H,24,25). The van der Waals surface area contributed by atoms with Gasteiger partial charge in [0.25, 0.3) is 5.22 Å². The van der Waals surface area contributed by atoms with Gasteiger partial charge in [0.2, 0.25) is 0 Å². The number of thioether (sulfide) groups is 1. The number of carboxylic acid groups (broad SMARTS) is 1. The summed E-state index contributed by atoms with van der Waals surface area (Å²) < 4.78 is 27.4. The maximum absolute atomic E-state index is 11.3. The first kappa shape index (κ1) is 22.4. The van der Waals surface area contributed by atoms with Gasteiger partial charge in [-0.25, -0.2) is 4.98 Å². The van der Waals surface area contributed by atoms with Crippen molar-refractivity contribution in [3.8, 4) is 45.6 Å². The van der Waals surface area contributed by atoms with Gasteiger partial charge in [-0.1, -0.05) is 11.8 Å². The average Bonchev–Trinajstić information content (AvgIpc) is 3.21. The fourth-order valence-electron chi connectivity index (χ4n) is 2.90. The molecule has 0 radical (unpaired) electrons. The van der Waals surface area contributed by atoms with Gasteiger partial charge in [-0.2, -0.15) is 0 Å². The molecular weight excluding hydrogens is 422 g/mol. The van der Waals surface area contributed by atoms with E-state index in [0.29, 0.717) is 40.0 Å². The Balaban J connectivity index is 2.15. The molecule has 0 bridgehead atoms. The van der Waals surface area contributed by atoms with E-state index in [9.17, 15) is 9.90 Å². The topological polar surface area (TPSA) is 100 Å². The van der Waals surface area contributed by atoms with E-state index >= 15 is 0 Å². The predicted octanol–water partition coefficient (Wildman–Crippen LogP) is 4.61. The number of carboxylic acids is 1. The zero-order valence-electron chi connectivity index (χ0n) is 17.8. The van der Waals surface area contributed by atoms with E-state index in [1.54, 1.807) is 59.6 Å². The molecule has 3 rings (SSSR count). The molecule has 1 heterocycles. The van der Waals surface area contributed by atoms with E-state index in [2.05, 4.69) is 4.98 Å². The van der Waals surface area contributed by atoms with E-state index in [-0.39, 0.29) is 5.22 Å². The molecule has 31 heavy (non-hydrogen) atoms. The quantitative estimate of drug-likeness (QED) is 0.473.